The van der Waals surface area contributed by atoms with Crippen LogP contribution in [0, 0.1) is 12.8 Å². The van der Waals surface area contributed by atoms with Crippen molar-refractivity contribution in [2.24, 2.45) is 5.92 Å². The number of anilines is 1. The minimum Gasteiger partial charge on any atom is -0.355 e. The van der Waals surface area contributed by atoms with Crippen molar-refractivity contribution in [3.63, 3.8) is 0 Å². The van der Waals surface area contributed by atoms with Gasteiger partial charge in [0.15, 0.2) is 0 Å². The highest BCUT2D eigenvalue weighted by Gasteiger charge is 2.06. The molecule has 0 aliphatic carbocycles. The molecule has 2 heterocycles. The molecule has 0 amide bonds. The summed E-state index contributed by atoms with van der Waals surface area (Å²) in [5, 5.41) is 3.38. The van der Waals surface area contributed by atoms with Gasteiger partial charge in [-0.2, -0.15) is 0 Å². The van der Waals surface area contributed by atoms with Gasteiger partial charge in [0.2, 0.25) is 5.95 Å². The molecule has 0 aliphatic rings. The highest BCUT2D eigenvalue weighted by atomic mass is 15.2. The van der Waals surface area contributed by atoms with Crippen molar-refractivity contribution in [1.29, 1.82) is 0 Å². The fourth-order valence-corrected chi connectivity index (χ4v) is 1.77. The Labute approximate surface area is 108 Å². The van der Waals surface area contributed by atoms with Crippen LogP contribution in [-0.4, -0.2) is 21.1 Å². The van der Waals surface area contributed by atoms with Crippen molar-refractivity contribution in [2.75, 3.05) is 11.9 Å². The van der Waals surface area contributed by atoms with Gasteiger partial charge < -0.3 is 9.88 Å². The van der Waals surface area contributed by atoms with E-state index >= 15 is 0 Å². The van der Waals surface area contributed by atoms with Crippen molar-refractivity contribution in [2.45, 2.75) is 27.3 Å². The topological polar surface area (TPSA) is 42.7 Å². The molecule has 2 rings (SSSR count). The second-order valence-corrected chi connectivity index (χ2v) is 4.93. The van der Waals surface area contributed by atoms with Gasteiger partial charge in [0.05, 0.1) is 17.9 Å². The molecule has 18 heavy (non-hydrogen) atoms. The monoisotopic (exact) mass is 244 g/mol. The van der Waals surface area contributed by atoms with E-state index in [1.807, 2.05) is 31.3 Å². The highest BCUT2D eigenvalue weighted by Crippen LogP contribution is 2.11. The Morgan fingerprint density at radius 1 is 1.33 bits per heavy atom. The van der Waals surface area contributed by atoms with Crippen LogP contribution in [0.5, 0.6) is 0 Å². The smallest absolute Gasteiger partial charge is 0.203 e. The zero-order valence-electron chi connectivity index (χ0n) is 11.2. The van der Waals surface area contributed by atoms with Gasteiger partial charge in [-0.25, -0.2) is 4.98 Å². The van der Waals surface area contributed by atoms with Crippen molar-refractivity contribution in [3.8, 4) is 0 Å². The molecule has 0 aliphatic heterocycles. The first-order valence-corrected chi connectivity index (χ1v) is 6.32. The van der Waals surface area contributed by atoms with E-state index in [0.717, 1.165) is 30.4 Å². The van der Waals surface area contributed by atoms with Crippen LogP contribution in [0.25, 0.3) is 0 Å². The maximum atomic E-state index is 4.50. The van der Waals surface area contributed by atoms with E-state index in [-0.39, 0.29) is 0 Å². The van der Waals surface area contributed by atoms with E-state index in [2.05, 4.69) is 39.9 Å². The normalized spacial score (nSPS) is 10.9. The van der Waals surface area contributed by atoms with Crippen LogP contribution >= 0.6 is 0 Å². The van der Waals surface area contributed by atoms with Crippen LogP contribution < -0.4 is 5.32 Å². The van der Waals surface area contributed by atoms with Crippen LogP contribution in [0.2, 0.25) is 0 Å². The average molecular weight is 244 g/mol. The van der Waals surface area contributed by atoms with E-state index in [1.54, 1.807) is 0 Å². The summed E-state index contributed by atoms with van der Waals surface area (Å²) in [5.74, 6) is 1.53. The highest BCUT2D eigenvalue weighted by molar-refractivity contribution is 5.29. The van der Waals surface area contributed by atoms with Crippen LogP contribution in [0.1, 0.15) is 25.2 Å². The maximum absolute atomic E-state index is 4.50. The third-order valence-electron chi connectivity index (χ3n) is 2.62. The van der Waals surface area contributed by atoms with Crippen LogP contribution in [-0.2, 0) is 6.54 Å². The summed E-state index contributed by atoms with van der Waals surface area (Å²) < 4.78 is 2.11. The molecule has 0 bridgehead atoms. The van der Waals surface area contributed by atoms with Gasteiger partial charge in [0.1, 0.15) is 0 Å². The SMILES string of the molecule is Cc1cn(Cc2ccccn2)c(NCC(C)C)n1. The first kappa shape index (κ1) is 12.6. The number of hydrogen-bond acceptors (Lipinski definition) is 3. The summed E-state index contributed by atoms with van der Waals surface area (Å²) in [6.45, 7) is 8.06. The first-order valence-electron chi connectivity index (χ1n) is 6.32. The van der Waals surface area contributed by atoms with E-state index in [1.165, 1.54) is 0 Å². The van der Waals surface area contributed by atoms with Gasteiger partial charge in [-0.15, -0.1) is 0 Å². The number of rotatable bonds is 5. The van der Waals surface area contributed by atoms with Crippen LogP contribution in [0.15, 0.2) is 30.6 Å². The molecule has 1 N–H and O–H groups in total. The van der Waals surface area contributed by atoms with Crippen LogP contribution in [0.3, 0.4) is 0 Å². The number of hydrogen-bond donors (Lipinski definition) is 1. The fraction of sp³-hybridized carbons (Fsp3) is 0.429. The molecule has 2 aromatic rings. The fourth-order valence-electron chi connectivity index (χ4n) is 1.77. The third kappa shape index (κ3) is 3.32. The molecule has 0 aromatic carbocycles. The lowest BCUT2D eigenvalue weighted by atomic mass is 10.2. The molecule has 0 fully saturated rings. The Morgan fingerprint density at radius 3 is 2.83 bits per heavy atom. The number of nitrogens with zero attached hydrogens (tertiary/aromatic N) is 3. The summed E-state index contributed by atoms with van der Waals surface area (Å²) >= 11 is 0. The second kappa shape index (κ2) is 5.67. The number of aryl methyl sites for hydroxylation is 1. The molecule has 0 unspecified atom stereocenters. The third-order valence-corrected chi connectivity index (χ3v) is 2.62. The van der Waals surface area contributed by atoms with E-state index in [0.29, 0.717) is 5.92 Å². The van der Waals surface area contributed by atoms with Gasteiger partial charge in [-0.05, 0) is 25.0 Å². The van der Waals surface area contributed by atoms with E-state index in [4.69, 9.17) is 0 Å². The summed E-state index contributed by atoms with van der Waals surface area (Å²) in [7, 11) is 0. The van der Waals surface area contributed by atoms with E-state index < -0.39 is 0 Å². The number of imidazole rings is 1. The number of nitrogens with one attached hydrogen (secondary N) is 1. The summed E-state index contributed by atoms with van der Waals surface area (Å²) in [4.78, 5) is 8.85. The first-order chi connectivity index (χ1) is 8.65. The lowest BCUT2D eigenvalue weighted by molar-refractivity contribution is 0.675. The molecule has 0 saturated heterocycles. The standard InChI is InChI=1S/C14H20N4/c1-11(2)8-16-14-17-12(3)9-18(14)10-13-6-4-5-7-15-13/h4-7,9,11H,8,10H2,1-3H3,(H,16,17). The summed E-state index contributed by atoms with van der Waals surface area (Å²) in [6, 6.07) is 5.97. The molecule has 2 aromatic heterocycles. The molecule has 0 radical (unpaired) electrons. The lowest BCUT2D eigenvalue weighted by Crippen LogP contribution is -2.13. The zero-order valence-corrected chi connectivity index (χ0v) is 11.2. The Bertz CT molecular complexity index is 488. The van der Waals surface area contributed by atoms with Gasteiger partial charge in [-0.3, -0.25) is 4.98 Å². The zero-order chi connectivity index (χ0) is 13.0. The molecule has 4 nitrogen and oxygen atoms in total. The van der Waals surface area contributed by atoms with Gasteiger partial charge in [-0.1, -0.05) is 19.9 Å². The Hall–Kier alpha value is -1.84. The lowest BCUT2D eigenvalue weighted by Gasteiger charge is -2.10. The van der Waals surface area contributed by atoms with Gasteiger partial charge in [0.25, 0.3) is 0 Å². The maximum Gasteiger partial charge on any atom is 0.203 e. The van der Waals surface area contributed by atoms with E-state index in [9.17, 15) is 0 Å². The van der Waals surface area contributed by atoms with Gasteiger partial charge in [0, 0.05) is 18.9 Å². The number of pyridine rings is 1. The molecule has 0 saturated carbocycles. The van der Waals surface area contributed by atoms with Crippen molar-refractivity contribution >= 4 is 5.95 Å². The van der Waals surface area contributed by atoms with Crippen molar-refractivity contribution < 1.29 is 0 Å². The predicted molar refractivity (Wildman–Crippen MR) is 73.6 cm³/mol. The van der Waals surface area contributed by atoms with Gasteiger partial charge >= 0.3 is 0 Å². The second-order valence-electron chi connectivity index (χ2n) is 4.93. The minimum atomic E-state index is 0.602. The van der Waals surface area contributed by atoms with Crippen molar-refractivity contribution in [1.82, 2.24) is 14.5 Å². The Morgan fingerprint density at radius 2 is 2.17 bits per heavy atom. The quantitative estimate of drug-likeness (QED) is 0.879. The predicted octanol–water partition coefficient (Wildman–Crippen LogP) is 2.70. The minimum absolute atomic E-state index is 0.602. The number of aromatic nitrogens is 3. The molecule has 0 spiro atoms. The Kier molecular flexibility index (Phi) is 3.97. The molecule has 0 atom stereocenters. The summed E-state index contributed by atoms with van der Waals surface area (Å²) in [6.07, 6.45) is 3.87. The summed E-state index contributed by atoms with van der Waals surface area (Å²) in [5.41, 5.74) is 2.07. The molecular weight excluding hydrogens is 224 g/mol. The molecular formula is C14H20N4. The van der Waals surface area contributed by atoms with Crippen molar-refractivity contribution in [3.05, 3.63) is 42.0 Å². The average Bonchev–Trinajstić information content (AvgIpc) is 2.68. The largest absolute Gasteiger partial charge is 0.355 e. The van der Waals surface area contributed by atoms with Crippen LogP contribution in [0.4, 0.5) is 5.95 Å². The Balaban J connectivity index is 2.12. The molecule has 4 heteroatoms. The molecule has 96 valence electrons.